The highest BCUT2D eigenvalue weighted by atomic mass is 35.5. The number of aromatic nitrogens is 1. The molecule has 8 heteroatoms. The second kappa shape index (κ2) is 11.3. The Hall–Kier alpha value is -2.83. The van der Waals surface area contributed by atoms with Gasteiger partial charge in [0.2, 0.25) is 5.91 Å². The summed E-state index contributed by atoms with van der Waals surface area (Å²) in [5, 5.41) is 3.76. The van der Waals surface area contributed by atoms with Gasteiger partial charge in [0.1, 0.15) is 12.1 Å². The normalized spacial score (nSPS) is 15.3. The number of nitrogens with one attached hydrogen (secondary N) is 1. The molecule has 0 spiro atoms. The van der Waals surface area contributed by atoms with Crippen molar-refractivity contribution in [2.45, 2.75) is 47.2 Å². The van der Waals surface area contributed by atoms with E-state index in [-0.39, 0.29) is 30.0 Å². The molecule has 2 aromatic rings. The molecule has 1 N–H and O–H groups in total. The lowest BCUT2D eigenvalue weighted by Gasteiger charge is -2.45. The maximum absolute atomic E-state index is 13.4. The van der Waals surface area contributed by atoms with Crippen molar-refractivity contribution in [2.24, 2.45) is 5.41 Å². The van der Waals surface area contributed by atoms with Crippen molar-refractivity contribution in [1.82, 2.24) is 14.8 Å². The number of likely N-dealkylation sites (tertiary alicyclic amines) is 1. The Morgan fingerprint density at radius 1 is 1.14 bits per heavy atom. The largest absolute Gasteiger partial charge is 0.348 e. The van der Waals surface area contributed by atoms with Crippen LogP contribution in [-0.2, 0) is 17.9 Å². The van der Waals surface area contributed by atoms with E-state index >= 15 is 0 Å². The van der Waals surface area contributed by atoms with Crippen LogP contribution >= 0.6 is 23.2 Å². The molecule has 1 aromatic heterocycles. The molecule has 3 rings (SSSR count). The van der Waals surface area contributed by atoms with Gasteiger partial charge in [-0.1, -0.05) is 68.3 Å². The number of hydrogen-bond donors (Lipinski definition) is 1. The molecule has 0 saturated carbocycles. The Bertz CT molecular complexity index is 1220. The lowest BCUT2D eigenvalue weighted by Crippen LogP contribution is -2.56. The van der Waals surface area contributed by atoms with Gasteiger partial charge in [-0.05, 0) is 48.6 Å². The lowest BCUT2D eigenvalue weighted by molar-refractivity contribution is -0.142. The van der Waals surface area contributed by atoms with E-state index in [0.717, 1.165) is 12.0 Å². The van der Waals surface area contributed by atoms with E-state index in [1.165, 1.54) is 10.6 Å². The van der Waals surface area contributed by atoms with E-state index in [1.807, 2.05) is 19.1 Å². The standard InChI is InChI=1S/C27H31Cl2N3O3/c1-5-6-7-8-23(29)21-13-22(25(34)30-14-19-9-11-20(28)12-10-19)26(35)32(18(21)2)15-24(33)31-16-27(3,4)17-31/h6-13H,5,14-17H2,1-4H3,(H,30,34). The van der Waals surface area contributed by atoms with Crippen LogP contribution in [0.15, 0.2) is 53.4 Å². The smallest absolute Gasteiger partial charge is 0.264 e. The first-order chi connectivity index (χ1) is 16.5. The van der Waals surface area contributed by atoms with Crippen LogP contribution in [0.3, 0.4) is 0 Å². The molecule has 0 aliphatic carbocycles. The number of nitrogens with zero attached hydrogens (tertiary/aromatic N) is 2. The molecule has 2 amide bonds. The molecule has 1 saturated heterocycles. The Labute approximate surface area is 216 Å². The Balaban J connectivity index is 1.95. The van der Waals surface area contributed by atoms with E-state index in [1.54, 1.807) is 42.2 Å². The number of allylic oxidation sites excluding steroid dienone is 3. The predicted octanol–water partition coefficient (Wildman–Crippen LogP) is 5.15. The molecule has 1 aliphatic rings. The summed E-state index contributed by atoms with van der Waals surface area (Å²) in [4.78, 5) is 41.0. The van der Waals surface area contributed by atoms with Gasteiger partial charge < -0.3 is 14.8 Å². The van der Waals surface area contributed by atoms with Crippen molar-refractivity contribution in [1.29, 1.82) is 0 Å². The molecule has 1 fully saturated rings. The van der Waals surface area contributed by atoms with Crippen molar-refractivity contribution in [3.8, 4) is 0 Å². The van der Waals surface area contributed by atoms with E-state index < -0.39 is 11.5 Å². The van der Waals surface area contributed by atoms with Gasteiger partial charge in [-0.2, -0.15) is 0 Å². The van der Waals surface area contributed by atoms with Crippen LogP contribution in [0.5, 0.6) is 0 Å². The quantitative estimate of drug-likeness (QED) is 0.493. The highest BCUT2D eigenvalue weighted by Gasteiger charge is 2.37. The van der Waals surface area contributed by atoms with Crippen molar-refractivity contribution in [3.63, 3.8) is 0 Å². The molecule has 1 aromatic carbocycles. The summed E-state index contributed by atoms with van der Waals surface area (Å²) in [5.74, 6) is -0.698. The Kier molecular flexibility index (Phi) is 8.62. The van der Waals surface area contributed by atoms with Crippen molar-refractivity contribution in [3.05, 3.63) is 86.3 Å². The fourth-order valence-corrected chi connectivity index (χ4v) is 4.40. The minimum atomic E-state index is -0.536. The molecule has 2 heterocycles. The summed E-state index contributed by atoms with van der Waals surface area (Å²) >= 11 is 12.5. The van der Waals surface area contributed by atoms with Crippen molar-refractivity contribution in [2.75, 3.05) is 13.1 Å². The molecule has 6 nitrogen and oxygen atoms in total. The number of hydrogen-bond acceptors (Lipinski definition) is 3. The zero-order valence-corrected chi connectivity index (χ0v) is 22.0. The average Bonchev–Trinajstić information content (AvgIpc) is 2.79. The number of carbonyl (C=O) groups excluding carboxylic acids is 2. The zero-order valence-electron chi connectivity index (χ0n) is 20.5. The van der Waals surface area contributed by atoms with Crippen LogP contribution in [0.4, 0.5) is 0 Å². The Morgan fingerprint density at radius 2 is 1.80 bits per heavy atom. The number of pyridine rings is 1. The van der Waals surface area contributed by atoms with E-state index in [4.69, 9.17) is 23.2 Å². The van der Waals surface area contributed by atoms with Gasteiger partial charge in [0.05, 0.1) is 0 Å². The second-order valence-electron chi connectivity index (χ2n) is 9.52. The third kappa shape index (κ3) is 6.65. The molecule has 0 unspecified atom stereocenters. The molecule has 1 aliphatic heterocycles. The first kappa shape index (κ1) is 26.8. The van der Waals surface area contributed by atoms with Gasteiger partial charge in [0.15, 0.2) is 0 Å². The lowest BCUT2D eigenvalue weighted by atomic mass is 9.84. The van der Waals surface area contributed by atoms with Gasteiger partial charge in [-0.25, -0.2) is 0 Å². The first-order valence-electron chi connectivity index (χ1n) is 11.6. The number of amides is 2. The minimum absolute atomic E-state index is 0.0673. The summed E-state index contributed by atoms with van der Waals surface area (Å²) in [7, 11) is 0. The highest BCUT2D eigenvalue weighted by Crippen LogP contribution is 2.29. The molecule has 0 atom stereocenters. The molecule has 0 bridgehead atoms. The third-order valence-electron chi connectivity index (χ3n) is 5.93. The number of carbonyl (C=O) groups is 2. The Morgan fingerprint density at radius 3 is 2.40 bits per heavy atom. The van der Waals surface area contributed by atoms with Crippen molar-refractivity contribution >= 4 is 40.0 Å². The zero-order chi connectivity index (χ0) is 25.8. The molecule has 186 valence electrons. The van der Waals surface area contributed by atoms with E-state index in [2.05, 4.69) is 19.2 Å². The highest BCUT2D eigenvalue weighted by molar-refractivity contribution is 6.49. The maximum atomic E-state index is 13.4. The summed E-state index contributed by atoms with van der Waals surface area (Å²) < 4.78 is 1.35. The van der Waals surface area contributed by atoms with Crippen LogP contribution in [0.1, 0.15) is 54.4 Å². The number of halogens is 2. The summed E-state index contributed by atoms with van der Waals surface area (Å²) in [6.07, 6.45) is 6.34. The van der Waals surface area contributed by atoms with Crippen LogP contribution in [-0.4, -0.2) is 34.4 Å². The average molecular weight is 516 g/mol. The predicted molar refractivity (Wildman–Crippen MR) is 142 cm³/mol. The van der Waals surface area contributed by atoms with Gasteiger partial charge in [0, 0.05) is 40.9 Å². The summed E-state index contributed by atoms with van der Waals surface area (Å²) in [6, 6.07) is 8.57. The van der Waals surface area contributed by atoms with Crippen LogP contribution < -0.4 is 10.9 Å². The fraction of sp³-hybridized carbons (Fsp3) is 0.370. The monoisotopic (exact) mass is 515 g/mol. The van der Waals surface area contributed by atoms with Gasteiger partial charge in [-0.3, -0.25) is 14.4 Å². The summed E-state index contributed by atoms with van der Waals surface area (Å²) in [6.45, 7) is 9.27. The second-order valence-corrected chi connectivity index (χ2v) is 10.4. The summed E-state index contributed by atoms with van der Waals surface area (Å²) in [5.41, 5.74) is 1.38. The van der Waals surface area contributed by atoms with Crippen LogP contribution in [0.25, 0.3) is 5.03 Å². The number of rotatable bonds is 8. The van der Waals surface area contributed by atoms with Crippen LogP contribution in [0, 0.1) is 12.3 Å². The maximum Gasteiger partial charge on any atom is 0.264 e. The van der Waals surface area contributed by atoms with E-state index in [0.29, 0.717) is 34.4 Å². The molecular formula is C27H31Cl2N3O3. The van der Waals surface area contributed by atoms with Gasteiger partial charge in [0.25, 0.3) is 11.5 Å². The van der Waals surface area contributed by atoms with Crippen molar-refractivity contribution < 1.29 is 9.59 Å². The molecule has 0 radical (unpaired) electrons. The third-order valence-corrected chi connectivity index (χ3v) is 6.51. The topological polar surface area (TPSA) is 71.4 Å². The van der Waals surface area contributed by atoms with E-state index in [9.17, 15) is 14.4 Å². The van der Waals surface area contributed by atoms with Crippen LogP contribution in [0.2, 0.25) is 5.02 Å². The number of benzene rings is 1. The fourth-order valence-electron chi connectivity index (χ4n) is 4.01. The molecule has 35 heavy (non-hydrogen) atoms. The van der Waals surface area contributed by atoms with Gasteiger partial charge in [-0.15, -0.1) is 0 Å². The molecular weight excluding hydrogens is 485 g/mol. The minimum Gasteiger partial charge on any atom is -0.348 e. The van der Waals surface area contributed by atoms with Gasteiger partial charge >= 0.3 is 0 Å². The SMILES string of the molecule is CCC=CC=C(Cl)c1cc(C(=O)NCc2ccc(Cl)cc2)c(=O)n(CC(=O)N2CC(C)(C)C2)c1C. The first-order valence-corrected chi connectivity index (χ1v) is 12.4.